The summed E-state index contributed by atoms with van der Waals surface area (Å²) in [5.74, 6) is 3.21. The third-order valence-electron chi connectivity index (χ3n) is 6.53. The van der Waals surface area contributed by atoms with Crippen LogP contribution in [0.2, 0.25) is 19.6 Å². The summed E-state index contributed by atoms with van der Waals surface area (Å²) in [6, 6.07) is 0. The molecule has 0 radical (unpaired) electrons. The highest BCUT2D eigenvalue weighted by molar-refractivity contribution is 6.83. The average molecular weight is 495 g/mol. The Labute approximate surface area is 219 Å². The maximum atomic E-state index is 5.68. The van der Waals surface area contributed by atoms with E-state index in [-0.39, 0.29) is 5.60 Å². The Balaban J connectivity index is 2.16. The van der Waals surface area contributed by atoms with Crippen LogP contribution in [-0.2, 0) is 4.74 Å². The van der Waals surface area contributed by atoms with E-state index in [2.05, 4.69) is 103 Å². The van der Waals surface area contributed by atoms with Gasteiger partial charge in [0.25, 0.3) is 0 Å². The van der Waals surface area contributed by atoms with Crippen LogP contribution in [0.25, 0.3) is 0 Å². The molecule has 1 nitrogen and oxygen atoms in total. The van der Waals surface area contributed by atoms with Crippen molar-refractivity contribution in [2.24, 2.45) is 0 Å². The molecular formula is C33H54OSi. The van der Waals surface area contributed by atoms with Crippen molar-refractivity contribution < 1.29 is 4.74 Å². The molecule has 1 aliphatic rings. The lowest BCUT2D eigenvalue weighted by Crippen LogP contribution is -2.16. The number of epoxide rings is 1. The molecule has 2 heteroatoms. The molecule has 0 saturated carbocycles. The van der Waals surface area contributed by atoms with Gasteiger partial charge in [-0.1, -0.05) is 78.2 Å². The minimum atomic E-state index is -1.24. The summed E-state index contributed by atoms with van der Waals surface area (Å²) in [7, 11) is -1.24. The summed E-state index contributed by atoms with van der Waals surface area (Å²) >= 11 is 0. The van der Waals surface area contributed by atoms with Gasteiger partial charge >= 0.3 is 0 Å². The zero-order valence-corrected chi connectivity index (χ0v) is 25.5. The molecule has 0 bridgehead atoms. The summed E-state index contributed by atoms with van der Waals surface area (Å²) in [5, 5.41) is 0. The molecule has 0 aliphatic carbocycles. The quantitative estimate of drug-likeness (QED) is 0.0725. The van der Waals surface area contributed by atoms with Crippen molar-refractivity contribution >= 4 is 8.07 Å². The van der Waals surface area contributed by atoms with Crippen molar-refractivity contribution in [2.75, 3.05) is 0 Å². The van der Waals surface area contributed by atoms with Crippen LogP contribution in [0.3, 0.4) is 0 Å². The molecular weight excluding hydrogens is 440 g/mol. The third-order valence-corrected chi connectivity index (χ3v) is 7.43. The number of ether oxygens (including phenoxy) is 1. The maximum absolute atomic E-state index is 5.68. The first-order valence-electron chi connectivity index (χ1n) is 13.9. The van der Waals surface area contributed by atoms with Crippen molar-refractivity contribution in [1.82, 2.24) is 0 Å². The minimum absolute atomic E-state index is 0.127. The maximum Gasteiger partial charge on any atom is 0.129 e. The smallest absolute Gasteiger partial charge is 0.129 e. The molecule has 1 saturated heterocycles. The normalized spacial score (nSPS) is 19.2. The van der Waals surface area contributed by atoms with Gasteiger partial charge in [0.2, 0.25) is 0 Å². The van der Waals surface area contributed by atoms with E-state index in [0.717, 1.165) is 44.9 Å². The number of hydrogen-bond donors (Lipinski definition) is 0. The van der Waals surface area contributed by atoms with E-state index < -0.39 is 8.07 Å². The van der Waals surface area contributed by atoms with Crippen molar-refractivity contribution in [3.8, 4) is 11.5 Å². The van der Waals surface area contributed by atoms with Gasteiger partial charge in [0, 0.05) is 0 Å². The predicted molar refractivity (Wildman–Crippen MR) is 160 cm³/mol. The van der Waals surface area contributed by atoms with Gasteiger partial charge in [0.15, 0.2) is 0 Å². The van der Waals surface area contributed by atoms with Gasteiger partial charge in [-0.25, -0.2) is 0 Å². The molecule has 1 aliphatic heterocycles. The predicted octanol–water partition coefficient (Wildman–Crippen LogP) is 10.3. The van der Waals surface area contributed by atoms with Crippen LogP contribution >= 0.6 is 0 Å². The van der Waals surface area contributed by atoms with E-state index in [1.807, 2.05) is 6.08 Å². The molecule has 1 unspecified atom stereocenters. The Morgan fingerprint density at radius 2 is 1.14 bits per heavy atom. The summed E-state index contributed by atoms with van der Waals surface area (Å²) in [6.07, 6.45) is 25.9. The third kappa shape index (κ3) is 17.5. The summed E-state index contributed by atoms with van der Waals surface area (Å²) in [6.45, 7) is 20.3. The average Bonchev–Trinajstić information content (AvgIpc) is 3.37. The van der Waals surface area contributed by atoms with Crippen molar-refractivity contribution in [2.45, 2.75) is 137 Å². The Bertz CT molecular complexity index is 846. The van der Waals surface area contributed by atoms with Gasteiger partial charge in [0.05, 0.1) is 11.7 Å². The summed E-state index contributed by atoms with van der Waals surface area (Å²) < 4.78 is 5.68. The molecule has 0 aromatic heterocycles. The van der Waals surface area contributed by atoms with E-state index in [1.54, 1.807) is 0 Å². The van der Waals surface area contributed by atoms with Gasteiger partial charge in [-0.05, 0) is 112 Å². The molecule has 1 fully saturated rings. The van der Waals surface area contributed by atoms with Crippen LogP contribution in [0.1, 0.15) is 106 Å². The van der Waals surface area contributed by atoms with E-state index in [9.17, 15) is 0 Å². The SMILES string of the molecule is C/C(=C\CC/C(C)=C/CC/C=C(\C)CC/C=C(\C)CCC1OC1(C)C)CC/C=C\C#C[Si](C)(C)C. The van der Waals surface area contributed by atoms with Crippen LogP contribution in [-0.4, -0.2) is 19.8 Å². The van der Waals surface area contributed by atoms with Crippen molar-refractivity contribution in [1.29, 1.82) is 0 Å². The lowest BCUT2D eigenvalue weighted by molar-refractivity contribution is 0.320. The van der Waals surface area contributed by atoms with Crippen molar-refractivity contribution in [3.05, 3.63) is 58.7 Å². The minimum Gasteiger partial charge on any atom is -0.367 e. The van der Waals surface area contributed by atoms with E-state index in [1.165, 1.54) is 41.6 Å². The van der Waals surface area contributed by atoms with Gasteiger partial charge in [-0.2, -0.15) is 0 Å². The van der Waals surface area contributed by atoms with E-state index in [0.29, 0.717) is 6.10 Å². The molecule has 0 amide bonds. The topological polar surface area (TPSA) is 12.5 Å². The highest BCUT2D eigenvalue weighted by atomic mass is 28.3. The Morgan fingerprint density at radius 1 is 0.714 bits per heavy atom. The van der Waals surface area contributed by atoms with Crippen LogP contribution < -0.4 is 0 Å². The fraction of sp³-hybridized carbons (Fsp3) is 0.636. The number of hydrogen-bond acceptors (Lipinski definition) is 1. The molecule has 0 aromatic carbocycles. The highest BCUT2D eigenvalue weighted by Crippen LogP contribution is 2.38. The first-order chi connectivity index (χ1) is 16.4. The number of allylic oxidation sites excluding steroid dienone is 10. The largest absolute Gasteiger partial charge is 0.367 e. The van der Waals surface area contributed by atoms with Crippen LogP contribution in [0.15, 0.2) is 58.7 Å². The lowest BCUT2D eigenvalue weighted by Gasteiger charge is -2.03. The Hall–Kier alpha value is -1.56. The van der Waals surface area contributed by atoms with Gasteiger partial charge < -0.3 is 4.74 Å². The van der Waals surface area contributed by atoms with Crippen LogP contribution in [0.5, 0.6) is 0 Å². The molecule has 35 heavy (non-hydrogen) atoms. The Kier molecular flexibility index (Phi) is 14.6. The lowest BCUT2D eigenvalue weighted by atomic mass is 10.0. The first-order valence-corrected chi connectivity index (χ1v) is 17.4. The zero-order chi connectivity index (χ0) is 26.3. The fourth-order valence-corrected chi connectivity index (χ4v) is 4.49. The second-order valence-electron chi connectivity index (χ2n) is 12.1. The zero-order valence-electron chi connectivity index (χ0n) is 24.5. The van der Waals surface area contributed by atoms with E-state index >= 15 is 0 Å². The number of rotatable bonds is 15. The molecule has 1 heterocycles. The second-order valence-corrected chi connectivity index (χ2v) is 16.8. The Morgan fingerprint density at radius 3 is 1.60 bits per heavy atom. The van der Waals surface area contributed by atoms with Gasteiger partial charge in [-0.15, -0.1) is 5.54 Å². The van der Waals surface area contributed by atoms with Crippen molar-refractivity contribution in [3.63, 3.8) is 0 Å². The number of unbranched alkanes of at least 4 members (excludes halogenated alkanes) is 1. The van der Waals surface area contributed by atoms with E-state index in [4.69, 9.17) is 4.74 Å². The highest BCUT2D eigenvalue weighted by Gasteiger charge is 2.46. The fourth-order valence-electron chi connectivity index (χ4n) is 3.97. The van der Waals surface area contributed by atoms with Gasteiger partial charge in [0.1, 0.15) is 8.07 Å². The molecule has 1 atom stereocenters. The molecule has 0 spiro atoms. The molecule has 0 N–H and O–H groups in total. The molecule has 0 aromatic rings. The van der Waals surface area contributed by atoms with Gasteiger partial charge in [-0.3, -0.25) is 0 Å². The monoisotopic (exact) mass is 494 g/mol. The summed E-state index contributed by atoms with van der Waals surface area (Å²) in [5.41, 5.74) is 9.55. The first kappa shape index (κ1) is 31.5. The van der Waals surface area contributed by atoms with Crippen LogP contribution in [0, 0.1) is 11.5 Å². The van der Waals surface area contributed by atoms with Crippen LogP contribution in [0.4, 0.5) is 0 Å². The molecule has 1 rings (SSSR count). The molecule has 196 valence electrons. The standard InChI is InChI=1S/C33H54OSi/c1-28(18-12-10-11-15-27-35(7,8)9)21-16-22-29(2)19-13-14-20-30(3)23-17-24-31(4)25-26-32-33(5,6)34-32/h10-11,19-21,24,32H,12-14,16-18,22-23,25-26H2,1-9H3/b11-10-,28-21+,29-19+,30-20+,31-24+. The summed E-state index contributed by atoms with van der Waals surface area (Å²) in [4.78, 5) is 0. The second kappa shape index (κ2) is 16.2.